The molecule has 108 valence electrons. The van der Waals surface area contributed by atoms with E-state index in [1.165, 1.54) is 0 Å². The number of rotatable bonds is 4. The maximum absolute atomic E-state index is 12.6. The molecule has 20 heavy (non-hydrogen) atoms. The van der Waals surface area contributed by atoms with Gasteiger partial charge in [0.05, 0.1) is 5.56 Å². The largest absolute Gasteiger partial charge is 0.481 e. The van der Waals surface area contributed by atoms with E-state index in [4.69, 9.17) is 5.11 Å². The molecule has 0 aromatic heterocycles. The highest BCUT2D eigenvalue weighted by molar-refractivity contribution is 14.1. The molecular weight excluding hydrogens is 369 g/mol. The van der Waals surface area contributed by atoms with Gasteiger partial charge in [-0.25, -0.2) is 0 Å². The molecule has 1 atom stereocenters. The summed E-state index contributed by atoms with van der Waals surface area (Å²) in [5.41, 5.74) is 0.718. The van der Waals surface area contributed by atoms with Crippen LogP contribution in [0.5, 0.6) is 0 Å². The zero-order valence-electron chi connectivity index (χ0n) is 11.2. The molecule has 1 unspecified atom stereocenters. The number of hydrogen-bond donors (Lipinski definition) is 1. The van der Waals surface area contributed by atoms with Crippen LogP contribution in [0.25, 0.3) is 0 Å². The van der Waals surface area contributed by atoms with Crippen LogP contribution in [0.4, 0.5) is 0 Å². The quantitative estimate of drug-likeness (QED) is 0.808. The smallest absolute Gasteiger partial charge is 0.303 e. The summed E-state index contributed by atoms with van der Waals surface area (Å²) in [7, 11) is 0. The predicted molar refractivity (Wildman–Crippen MR) is 84.7 cm³/mol. The molecule has 4 nitrogen and oxygen atoms in total. The lowest BCUT2D eigenvalue weighted by molar-refractivity contribution is -0.137. The predicted octanol–water partition coefficient (Wildman–Crippen LogP) is 3.15. The molecule has 0 spiro atoms. The lowest BCUT2D eigenvalue weighted by Gasteiger charge is -2.36. The Labute approximate surface area is 132 Å². The van der Waals surface area contributed by atoms with E-state index in [1.54, 1.807) is 0 Å². The van der Waals surface area contributed by atoms with Gasteiger partial charge in [-0.3, -0.25) is 9.59 Å². The number of carboxylic acid groups (broad SMARTS) is 1. The van der Waals surface area contributed by atoms with Gasteiger partial charge in [-0.1, -0.05) is 12.1 Å². The molecule has 0 aliphatic carbocycles. The maximum atomic E-state index is 12.6. The molecule has 2 rings (SSSR count). The van der Waals surface area contributed by atoms with Gasteiger partial charge in [0.25, 0.3) is 5.91 Å². The Morgan fingerprint density at radius 1 is 1.30 bits per heavy atom. The lowest BCUT2D eigenvalue weighted by Crippen LogP contribution is -2.44. The second-order valence-corrected chi connectivity index (χ2v) is 6.22. The van der Waals surface area contributed by atoms with Crippen molar-refractivity contribution in [2.75, 3.05) is 6.54 Å². The summed E-state index contributed by atoms with van der Waals surface area (Å²) in [6.07, 6.45) is 3.64. The van der Waals surface area contributed by atoms with Gasteiger partial charge in [-0.2, -0.15) is 0 Å². The highest BCUT2D eigenvalue weighted by atomic mass is 127. The summed E-state index contributed by atoms with van der Waals surface area (Å²) in [6.45, 7) is 0.730. The molecule has 0 radical (unpaired) electrons. The number of carbonyl (C=O) groups is 2. The number of hydrogen-bond acceptors (Lipinski definition) is 2. The number of piperidine rings is 1. The van der Waals surface area contributed by atoms with Crippen LogP contribution < -0.4 is 0 Å². The van der Waals surface area contributed by atoms with Crippen molar-refractivity contribution in [3.8, 4) is 0 Å². The number of amides is 1. The van der Waals surface area contributed by atoms with Crippen molar-refractivity contribution in [3.63, 3.8) is 0 Å². The topological polar surface area (TPSA) is 57.6 Å². The van der Waals surface area contributed by atoms with Crippen LogP contribution in [-0.2, 0) is 4.79 Å². The van der Waals surface area contributed by atoms with Gasteiger partial charge in [0.15, 0.2) is 0 Å². The van der Waals surface area contributed by atoms with Crippen molar-refractivity contribution >= 4 is 34.5 Å². The molecule has 0 saturated carbocycles. The molecule has 0 bridgehead atoms. The Morgan fingerprint density at radius 2 is 2.05 bits per heavy atom. The van der Waals surface area contributed by atoms with Gasteiger partial charge < -0.3 is 10.0 Å². The highest BCUT2D eigenvalue weighted by Gasteiger charge is 2.28. The Balaban J connectivity index is 2.13. The first kappa shape index (κ1) is 15.3. The van der Waals surface area contributed by atoms with Crippen LogP contribution in [0.3, 0.4) is 0 Å². The minimum absolute atomic E-state index is 0.0325. The van der Waals surface area contributed by atoms with Gasteiger partial charge in [-0.05, 0) is 60.4 Å². The first-order valence-corrected chi connectivity index (χ1v) is 7.95. The van der Waals surface area contributed by atoms with Gasteiger partial charge >= 0.3 is 5.97 Å². The average Bonchev–Trinajstić information content (AvgIpc) is 2.45. The fraction of sp³-hybridized carbons (Fsp3) is 0.467. The van der Waals surface area contributed by atoms with Gasteiger partial charge in [0.1, 0.15) is 0 Å². The Hall–Kier alpha value is -1.11. The van der Waals surface area contributed by atoms with Crippen molar-refractivity contribution < 1.29 is 14.7 Å². The van der Waals surface area contributed by atoms with Crippen molar-refractivity contribution in [1.29, 1.82) is 0 Å². The van der Waals surface area contributed by atoms with E-state index in [-0.39, 0.29) is 18.4 Å². The summed E-state index contributed by atoms with van der Waals surface area (Å²) >= 11 is 2.17. The third kappa shape index (κ3) is 3.71. The number of benzene rings is 1. The third-order valence-corrected chi connectivity index (χ3v) is 4.62. The van der Waals surface area contributed by atoms with Crippen LogP contribution >= 0.6 is 22.6 Å². The summed E-state index contributed by atoms with van der Waals surface area (Å²) in [4.78, 5) is 25.3. The second-order valence-electron chi connectivity index (χ2n) is 5.06. The summed E-state index contributed by atoms with van der Waals surface area (Å²) in [5.74, 6) is -0.762. The van der Waals surface area contributed by atoms with Crippen LogP contribution in [-0.4, -0.2) is 34.5 Å². The van der Waals surface area contributed by atoms with Crippen molar-refractivity contribution in [3.05, 3.63) is 33.4 Å². The zero-order chi connectivity index (χ0) is 14.5. The number of aliphatic carboxylic acids is 1. The van der Waals surface area contributed by atoms with Crippen molar-refractivity contribution in [2.24, 2.45) is 0 Å². The Bertz CT molecular complexity index is 504. The van der Waals surface area contributed by atoms with E-state index in [9.17, 15) is 9.59 Å². The first-order valence-electron chi connectivity index (χ1n) is 6.87. The highest BCUT2D eigenvalue weighted by Crippen LogP contribution is 2.24. The summed E-state index contributed by atoms with van der Waals surface area (Å²) < 4.78 is 0.942. The summed E-state index contributed by atoms with van der Waals surface area (Å²) in [5, 5.41) is 8.83. The third-order valence-electron chi connectivity index (χ3n) is 3.68. The normalized spacial score (nSPS) is 18.9. The number of halogens is 1. The van der Waals surface area contributed by atoms with Crippen molar-refractivity contribution in [2.45, 2.75) is 38.1 Å². The molecule has 1 heterocycles. The standard InChI is InChI=1S/C15H18INO3/c16-13-7-2-1-6-12(13)15(20)17-10-4-3-5-11(17)8-9-14(18)19/h1-2,6-7,11H,3-5,8-10H2,(H,18,19). The van der Waals surface area contributed by atoms with E-state index in [0.29, 0.717) is 6.42 Å². The molecule has 5 heteroatoms. The van der Waals surface area contributed by atoms with E-state index in [0.717, 1.165) is 34.9 Å². The minimum atomic E-state index is -0.794. The number of likely N-dealkylation sites (tertiary alicyclic amines) is 1. The average molecular weight is 387 g/mol. The Kier molecular flexibility index (Phi) is 5.39. The molecule has 1 aliphatic rings. The molecule has 1 aliphatic heterocycles. The zero-order valence-corrected chi connectivity index (χ0v) is 13.4. The monoisotopic (exact) mass is 387 g/mol. The molecule has 1 amide bonds. The van der Waals surface area contributed by atoms with Crippen LogP contribution in [0.1, 0.15) is 42.5 Å². The van der Waals surface area contributed by atoms with E-state index in [1.807, 2.05) is 29.2 Å². The molecule has 1 saturated heterocycles. The van der Waals surface area contributed by atoms with Crippen molar-refractivity contribution in [1.82, 2.24) is 4.90 Å². The van der Waals surface area contributed by atoms with Gasteiger partial charge in [0.2, 0.25) is 0 Å². The Morgan fingerprint density at radius 3 is 2.75 bits per heavy atom. The maximum Gasteiger partial charge on any atom is 0.303 e. The van der Waals surface area contributed by atoms with Crippen LogP contribution in [0.2, 0.25) is 0 Å². The van der Waals surface area contributed by atoms with E-state index in [2.05, 4.69) is 22.6 Å². The fourth-order valence-corrected chi connectivity index (χ4v) is 3.27. The number of carboxylic acids is 1. The molecule has 1 N–H and O–H groups in total. The van der Waals surface area contributed by atoms with E-state index < -0.39 is 5.97 Å². The molecular formula is C15H18INO3. The second kappa shape index (κ2) is 7.06. The molecule has 1 aromatic rings. The van der Waals surface area contributed by atoms with Gasteiger partial charge in [-0.15, -0.1) is 0 Å². The summed E-state index contributed by atoms with van der Waals surface area (Å²) in [6, 6.07) is 7.60. The van der Waals surface area contributed by atoms with Crippen LogP contribution in [0.15, 0.2) is 24.3 Å². The lowest BCUT2D eigenvalue weighted by atomic mass is 9.97. The number of carbonyl (C=O) groups excluding carboxylic acids is 1. The van der Waals surface area contributed by atoms with E-state index >= 15 is 0 Å². The minimum Gasteiger partial charge on any atom is -0.481 e. The van der Waals surface area contributed by atoms with Gasteiger partial charge in [0, 0.05) is 22.6 Å². The van der Waals surface area contributed by atoms with Crippen LogP contribution in [0, 0.1) is 3.57 Å². The number of nitrogens with zero attached hydrogens (tertiary/aromatic N) is 1. The first-order chi connectivity index (χ1) is 9.59. The molecule has 1 aromatic carbocycles. The fourth-order valence-electron chi connectivity index (χ4n) is 2.65. The molecule has 1 fully saturated rings. The SMILES string of the molecule is O=C(O)CCC1CCCCN1C(=O)c1ccccc1I.